The summed E-state index contributed by atoms with van der Waals surface area (Å²) in [5.74, 6) is 0.957. The predicted octanol–water partition coefficient (Wildman–Crippen LogP) is 3.08. The Morgan fingerprint density at radius 2 is 1.70 bits per heavy atom. The number of rotatable bonds is 6. The third-order valence-electron chi connectivity index (χ3n) is 5.32. The zero-order valence-corrected chi connectivity index (χ0v) is 16.4. The number of methoxy groups -OCH3 is 1. The summed E-state index contributed by atoms with van der Waals surface area (Å²) in [5, 5.41) is 3.14. The Morgan fingerprint density at radius 1 is 1.00 bits per heavy atom. The first-order valence-corrected chi connectivity index (χ1v) is 9.57. The highest BCUT2D eigenvalue weighted by molar-refractivity contribution is 5.81. The molecule has 0 aromatic heterocycles. The monoisotopic (exact) mass is 367 g/mol. The van der Waals surface area contributed by atoms with E-state index in [1.807, 2.05) is 56.3 Å². The number of nitrogens with zero attached hydrogens (tertiary/aromatic N) is 2. The molecule has 1 N–H and O–H groups in total. The summed E-state index contributed by atoms with van der Waals surface area (Å²) in [5.41, 5.74) is 2.30. The third kappa shape index (κ3) is 4.80. The van der Waals surface area contributed by atoms with E-state index in [0.717, 1.165) is 37.5 Å². The minimum absolute atomic E-state index is 0.0132. The van der Waals surface area contributed by atoms with Crippen molar-refractivity contribution in [3.63, 3.8) is 0 Å². The van der Waals surface area contributed by atoms with E-state index in [0.29, 0.717) is 0 Å². The summed E-state index contributed by atoms with van der Waals surface area (Å²) < 4.78 is 5.32. The van der Waals surface area contributed by atoms with Gasteiger partial charge in [-0.3, -0.25) is 9.69 Å². The van der Waals surface area contributed by atoms with Gasteiger partial charge >= 0.3 is 0 Å². The van der Waals surface area contributed by atoms with E-state index in [4.69, 9.17) is 4.74 Å². The molecule has 0 saturated carbocycles. The molecule has 1 heterocycles. The molecule has 1 aliphatic rings. The van der Waals surface area contributed by atoms with E-state index in [2.05, 4.69) is 27.2 Å². The summed E-state index contributed by atoms with van der Waals surface area (Å²) in [4.78, 5) is 17.3. The van der Waals surface area contributed by atoms with Gasteiger partial charge in [0.25, 0.3) is 0 Å². The summed E-state index contributed by atoms with van der Waals surface area (Å²) in [7, 11) is 1.69. The van der Waals surface area contributed by atoms with Crippen LogP contribution in [-0.4, -0.2) is 50.1 Å². The summed E-state index contributed by atoms with van der Waals surface area (Å²) in [6, 6.07) is 18.1. The van der Waals surface area contributed by atoms with Crippen molar-refractivity contribution in [1.29, 1.82) is 0 Å². The van der Waals surface area contributed by atoms with Crippen molar-refractivity contribution >= 4 is 11.6 Å². The second-order valence-corrected chi connectivity index (χ2v) is 7.04. The van der Waals surface area contributed by atoms with Crippen molar-refractivity contribution in [2.45, 2.75) is 25.9 Å². The molecule has 0 bridgehead atoms. The molecule has 1 fully saturated rings. The molecular formula is C22H29N3O2. The van der Waals surface area contributed by atoms with Gasteiger partial charge in [-0.15, -0.1) is 0 Å². The minimum Gasteiger partial charge on any atom is -0.497 e. The second kappa shape index (κ2) is 8.91. The summed E-state index contributed by atoms with van der Waals surface area (Å²) in [6.07, 6.45) is 0. The minimum atomic E-state index is -0.136. The van der Waals surface area contributed by atoms with Crippen molar-refractivity contribution in [3.05, 3.63) is 60.2 Å². The van der Waals surface area contributed by atoms with Crippen LogP contribution in [0.15, 0.2) is 54.6 Å². The van der Waals surface area contributed by atoms with Gasteiger partial charge in [0, 0.05) is 37.9 Å². The lowest BCUT2D eigenvalue weighted by Gasteiger charge is -2.38. The van der Waals surface area contributed by atoms with Crippen LogP contribution in [0.1, 0.15) is 25.5 Å². The maximum atomic E-state index is 12.7. The van der Waals surface area contributed by atoms with Crippen molar-refractivity contribution in [1.82, 2.24) is 10.2 Å². The number of ether oxygens (including phenoxy) is 1. The van der Waals surface area contributed by atoms with Gasteiger partial charge in [-0.1, -0.05) is 36.4 Å². The van der Waals surface area contributed by atoms with E-state index in [-0.39, 0.29) is 18.0 Å². The standard InChI is InChI=1S/C22H29N3O2/c1-17(19-8-5-4-6-9-19)23-22(26)18(2)24-12-14-25(15-13-24)20-10-7-11-21(16-20)27-3/h4-11,16-18H,12-15H2,1-3H3,(H,23,26)/t17-,18-/m1/s1. The highest BCUT2D eigenvalue weighted by Gasteiger charge is 2.26. The Balaban J connectivity index is 1.53. The van der Waals surface area contributed by atoms with Gasteiger partial charge in [0.2, 0.25) is 5.91 Å². The number of anilines is 1. The SMILES string of the molecule is COc1cccc(N2CCN([C@H](C)C(=O)N[C@H](C)c3ccccc3)CC2)c1. The lowest BCUT2D eigenvalue weighted by atomic mass is 10.1. The van der Waals surface area contributed by atoms with Crippen LogP contribution in [-0.2, 0) is 4.79 Å². The zero-order valence-electron chi connectivity index (χ0n) is 16.4. The van der Waals surface area contributed by atoms with Crippen LogP contribution in [0, 0.1) is 0 Å². The Morgan fingerprint density at radius 3 is 2.37 bits per heavy atom. The largest absolute Gasteiger partial charge is 0.497 e. The van der Waals surface area contributed by atoms with Crippen LogP contribution in [0.25, 0.3) is 0 Å². The Labute approximate surface area is 161 Å². The molecule has 0 radical (unpaired) electrons. The molecule has 1 aliphatic heterocycles. The highest BCUT2D eigenvalue weighted by atomic mass is 16.5. The number of carbonyl (C=O) groups excluding carboxylic acids is 1. The lowest BCUT2D eigenvalue weighted by molar-refractivity contribution is -0.126. The number of benzene rings is 2. The third-order valence-corrected chi connectivity index (χ3v) is 5.32. The van der Waals surface area contributed by atoms with Crippen LogP contribution >= 0.6 is 0 Å². The van der Waals surface area contributed by atoms with Crippen molar-refractivity contribution in [2.75, 3.05) is 38.2 Å². The van der Waals surface area contributed by atoms with E-state index in [9.17, 15) is 4.79 Å². The van der Waals surface area contributed by atoms with Crippen molar-refractivity contribution in [3.8, 4) is 5.75 Å². The quantitative estimate of drug-likeness (QED) is 0.852. The molecule has 0 aliphatic carbocycles. The zero-order chi connectivity index (χ0) is 19.2. The van der Waals surface area contributed by atoms with Crippen molar-refractivity contribution < 1.29 is 9.53 Å². The van der Waals surface area contributed by atoms with Crippen LogP contribution in [0.5, 0.6) is 5.75 Å². The molecule has 2 aromatic carbocycles. The summed E-state index contributed by atoms with van der Waals surface area (Å²) >= 11 is 0. The highest BCUT2D eigenvalue weighted by Crippen LogP contribution is 2.22. The van der Waals surface area contributed by atoms with Gasteiger partial charge < -0.3 is 15.0 Å². The Hall–Kier alpha value is -2.53. The van der Waals surface area contributed by atoms with E-state index in [1.165, 1.54) is 5.69 Å². The number of carbonyl (C=O) groups is 1. The maximum absolute atomic E-state index is 12.7. The molecule has 5 nitrogen and oxygen atoms in total. The summed E-state index contributed by atoms with van der Waals surface area (Å²) in [6.45, 7) is 7.56. The fraction of sp³-hybridized carbons (Fsp3) is 0.409. The molecule has 1 amide bonds. The molecule has 3 rings (SSSR count). The van der Waals surface area contributed by atoms with Gasteiger partial charge in [-0.25, -0.2) is 0 Å². The fourth-order valence-corrected chi connectivity index (χ4v) is 3.50. The predicted molar refractivity (Wildman–Crippen MR) is 109 cm³/mol. The first-order valence-electron chi connectivity index (χ1n) is 9.57. The number of hydrogen-bond acceptors (Lipinski definition) is 4. The smallest absolute Gasteiger partial charge is 0.237 e. The molecule has 2 aromatic rings. The normalized spacial score (nSPS) is 17.2. The van der Waals surface area contributed by atoms with Gasteiger partial charge in [-0.2, -0.15) is 0 Å². The van der Waals surface area contributed by atoms with Gasteiger partial charge in [0.05, 0.1) is 19.2 Å². The maximum Gasteiger partial charge on any atom is 0.237 e. The van der Waals surface area contributed by atoms with Crippen LogP contribution in [0.3, 0.4) is 0 Å². The van der Waals surface area contributed by atoms with Gasteiger partial charge in [0.15, 0.2) is 0 Å². The number of piperazine rings is 1. The molecule has 2 atom stereocenters. The molecule has 144 valence electrons. The fourth-order valence-electron chi connectivity index (χ4n) is 3.50. The number of amides is 1. The number of nitrogens with one attached hydrogen (secondary N) is 1. The van der Waals surface area contributed by atoms with E-state index >= 15 is 0 Å². The van der Waals surface area contributed by atoms with Gasteiger partial charge in [-0.05, 0) is 31.5 Å². The average molecular weight is 367 g/mol. The molecule has 5 heteroatoms. The van der Waals surface area contributed by atoms with E-state index < -0.39 is 0 Å². The average Bonchev–Trinajstić information content (AvgIpc) is 2.74. The van der Waals surface area contributed by atoms with Crippen LogP contribution in [0.2, 0.25) is 0 Å². The Kier molecular flexibility index (Phi) is 6.35. The first kappa shape index (κ1) is 19.2. The van der Waals surface area contributed by atoms with E-state index in [1.54, 1.807) is 7.11 Å². The Bertz CT molecular complexity index is 742. The van der Waals surface area contributed by atoms with Crippen LogP contribution in [0.4, 0.5) is 5.69 Å². The number of hydrogen-bond donors (Lipinski definition) is 1. The molecule has 1 saturated heterocycles. The lowest BCUT2D eigenvalue weighted by Crippen LogP contribution is -2.54. The molecule has 27 heavy (non-hydrogen) atoms. The van der Waals surface area contributed by atoms with Gasteiger partial charge in [0.1, 0.15) is 5.75 Å². The first-order chi connectivity index (χ1) is 13.1. The van der Waals surface area contributed by atoms with Crippen LogP contribution < -0.4 is 15.0 Å². The topological polar surface area (TPSA) is 44.8 Å². The molecule has 0 spiro atoms. The molecular weight excluding hydrogens is 338 g/mol. The van der Waals surface area contributed by atoms with Crippen molar-refractivity contribution in [2.24, 2.45) is 0 Å². The molecule has 0 unspecified atom stereocenters. The second-order valence-electron chi connectivity index (χ2n) is 7.04.